The fourth-order valence-electron chi connectivity index (χ4n) is 1.16. The van der Waals surface area contributed by atoms with Gasteiger partial charge in [0, 0.05) is 5.56 Å². The van der Waals surface area contributed by atoms with E-state index in [1.54, 1.807) is 25.1 Å². The van der Waals surface area contributed by atoms with E-state index >= 15 is 0 Å². The highest BCUT2D eigenvalue weighted by molar-refractivity contribution is 5.43. The van der Waals surface area contributed by atoms with Crippen molar-refractivity contribution in [1.82, 2.24) is 9.97 Å². The van der Waals surface area contributed by atoms with Crippen LogP contribution in [0.4, 0.5) is 4.39 Å². The van der Waals surface area contributed by atoms with Crippen LogP contribution < -0.4 is 4.74 Å². The van der Waals surface area contributed by atoms with Crippen molar-refractivity contribution in [2.75, 3.05) is 0 Å². The molecule has 1 N–H and O–H groups in total. The van der Waals surface area contributed by atoms with E-state index in [4.69, 9.17) is 4.74 Å². The zero-order valence-electron chi connectivity index (χ0n) is 8.51. The lowest BCUT2D eigenvalue weighted by atomic mass is 10.2. The Morgan fingerprint density at radius 2 is 1.94 bits per heavy atom. The number of ether oxygens (including phenoxy) is 1. The normalized spacial score (nSPS) is 10.1. The summed E-state index contributed by atoms with van der Waals surface area (Å²) < 4.78 is 17.8. The van der Waals surface area contributed by atoms with E-state index in [1.165, 1.54) is 0 Å². The molecule has 0 saturated heterocycles. The summed E-state index contributed by atoms with van der Waals surface area (Å²) in [7, 11) is 0. The molecule has 0 radical (unpaired) electrons. The lowest BCUT2D eigenvalue weighted by Crippen LogP contribution is -1.93. The molecule has 4 nitrogen and oxygen atoms in total. The van der Waals surface area contributed by atoms with Gasteiger partial charge < -0.3 is 9.84 Å². The van der Waals surface area contributed by atoms with E-state index in [0.717, 1.165) is 12.4 Å². The molecular formula is C11H9FN2O2. The molecule has 2 aromatic rings. The average Bonchev–Trinajstić information content (AvgIpc) is 2.28. The Morgan fingerprint density at radius 1 is 1.25 bits per heavy atom. The Morgan fingerprint density at radius 3 is 2.62 bits per heavy atom. The number of aromatic hydroxyl groups is 1. The molecule has 0 unspecified atom stereocenters. The number of halogens is 1. The van der Waals surface area contributed by atoms with Crippen LogP contribution in [0.3, 0.4) is 0 Å². The fraction of sp³-hybridized carbons (Fsp3) is 0.0909. The summed E-state index contributed by atoms with van der Waals surface area (Å²) in [6.07, 6.45) is 2.03. The van der Waals surface area contributed by atoms with E-state index in [-0.39, 0.29) is 11.8 Å². The first-order valence-electron chi connectivity index (χ1n) is 4.61. The predicted molar refractivity (Wildman–Crippen MR) is 54.9 cm³/mol. The number of nitrogens with zero attached hydrogens (tertiary/aromatic N) is 2. The van der Waals surface area contributed by atoms with Gasteiger partial charge in [0.05, 0.1) is 12.4 Å². The third-order valence-corrected chi connectivity index (χ3v) is 2.05. The number of aromatic nitrogens is 2. The van der Waals surface area contributed by atoms with Crippen LogP contribution >= 0.6 is 0 Å². The van der Waals surface area contributed by atoms with Crippen LogP contribution in [-0.2, 0) is 0 Å². The molecule has 1 heterocycles. The van der Waals surface area contributed by atoms with E-state index < -0.39 is 5.82 Å². The first-order chi connectivity index (χ1) is 7.66. The van der Waals surface area contributed by atoms with Gasteiger partial charge in [0.1, 0.15) is 11.5 Å². The van der Waals surface area contributed by atoms with Crippen LogP contribution in [0.5, 0.6) is 17.5 Å². The van der Waals surface area contributed by atoms with Gasteiger partial charge in [-0.3, -0.25) is 0 Å². The van der Waals surface area contributed by atoms with Gasteiger partial charge in [0.2, 0.25) is 0 Å². The molecule has 1 aromatic carbocycles. The van der Waals surface area contributed by atoms with Gasteiger partial charge in [0.15, 0.2) is 5.82 Å². The zero-order chi connectivity index (χ0) is 11.5. The molecular weight excluding hydrogens is 211 g/mol. The second-order valence-corrected chi connectivity index (χ2v) is 3.19. The monoisotopic (exact) mass is 220 g/mol. The van der Waals surface area contributed by atoms with Crippen molar-refractivity contribution in [1.29, 1.82) is 0 Å². The summed E-state index contributed by atoms with van der Waals surface area (Å²) in [6.45, 7) is 1.70. The molecule has 5 heteroatoms. The van der Waals surface area contributed by atoms with Gasteiger partial charge in [-0.2, -0.15) is 0 Å². The zero-order valence-corrected chi connectivity index (χ0v) is 8.51. The number of rotatable bonds is 2. The molecule has 0 spiro atoms. The van der Waals surface area contributed by atoms with Crippen LogP contribution in [-0.4, -0.2) is 15.1 Å². The van der Waals surface area contributed by atoms with E-state index in [1.807, 2.05) is 0 Å². The molecule has 82 valence electrons. The van der Waals surface area contributed by atoms with Gasteiger partial charge in [-0.15, -0.1) is 0 Å². The van der Waals surface area contributed by atoms with E-state index in [2.05, 4.69) is 9.97 Å². The average molecular weight is 220 g/mol. The molecule has 0 aliphatic heterocycles. The SMILES string of the molecule is Cc1c(O)cccc1Oc1ncc(F)cn1. The summed E-state index contributed by atoms with van der Waals surface area (Å²) in [4.78, 5) is 7.31. The Balaban J connectivity index is 2.27. The van der Waals surface area contributed by atoms with Crippen molar-refractivity contribution in [3.63, 3.8) is 0 Å². The molecule has 0 aliphatic carbocycles. The van der Waals surface area contributed by atoms with Crippen LogP contribution in [0.25, 0.3) is 0 Å². The Labute approximate surface area is 91.4 Å². The lowest BCUT2D eigenvalue weighted by Gasteiger charge is -2.07. The minimum Gasteiger partial charge on any atom is -0.508 e. The van der Waals surface area contributed by atoms with E-state index in [0.29, 0.717) is 11.3 Å². The van der Waals surface area contributed by atoms with Gasteiger partial charge >= 0.3 is 6.01 Å². The number of phenols is 1. The minimum absolute atomic E-state index is 0.0371. The second kappa shape index (κ2) is 4.14. The van der Waals surface area contributed by atoms with Crippen molar-refractivity contribution in [2.45, 2.75) is 6.92 Å². The fourth-order valence-corrected chi connectivity index (χ4v) is 1.16. The summed E-state index contributed by atoms with van der Waals surface area (Å²) in [5.74, 6) is 0.0335. The van der Waals surface area contributed by atoms with Crippen LogP contribution in [0.1, 0.15) is 5.56 Å². The van der Waals surface area contributed by atoms with Gasteiger partial charge in [-0.25, -0.2) is 14.4 Å². The summed E-state index contributed by atoms with van der Waals surface area (Å²) >= 11 is 0. The maximum Gasteiger partial charge on any atom is 0.322 e. The van der Waals surface area contributed by atoms with Crippen molar-refractivity contribution in [3.05, 3.63) is 42.0 Å². The van der Waals surface area contributed by atoms with Crippen LogP contribution in [0.2, 0.25) is 0 Å². The number of hydrogen-bond acceptors (Lipinski definition) is 4. The number of hydrogen-bond donors (Lipinski definition) is 1. The molecule has 2 rings (SSSR count). The number of benzene rings is 1. The number of phenolic OH excluding ortho intramolecular Hbond substituents is 1. The third kappa shape index (κ3) is 2.08. The highest BCUT2D eigenvalue weighted by Crippen LogP contribution is 2.28. The summed E-state index contributed by atoms with van der Waals surface area (Å²) in [5.41, 5.74) is 0.579. The first-order valence-corrected chi connectivity index (χ1v) is 4.61. The van der Waals surface area contributed by atoms with Crippen molar-refractivity contribution >= 4 is 0 Å². The maximum absolute atomic E-state index is 12.5. The smallest absolute Gasteiger partial charge is 0.322 e. The molecule has 1 aromatic heterocycles. The largest absolute Gasteiger partial charge is 0.508 e. The standard InChI is InChI=1S/C11H9FN2O2/c1-7-9(15)3-2-4-10(7)16-11-13-5-8(12)6-14-11/h2-6,15H,1H3. The first kappa shape index (κ1) is 10.4. The van der Waals surface area contributed by atoms with Gasteiger partial charge in [-0.1, -0.05) is 6.07 Å². The Bertz CT molecular complexity index is 500. The summed E-state index contributed by atoms with van der Waals surface area (Å²) in [5, 5.41) is 9.44. The van der Waals surface area contributed by atoms with Crippen molar-refractivity contribution in [2.24, 2.45) is 0 Å². The molecule has 0 amide bonds. The van der Waals surface area contributed by atoms with Crippen molar-refractivity contribution < 1.29 is 14.2 Å². The molecule has 0 bridgehead atoms. The Hall–Kier alpha value is -2.17. The molecule has 16 heavy (non-hydrogen) atoms. The molecule has 0 aliphatic rings. The molecule has 0 atom stereocenters. The quantitative estimate of drug-likeness (QED) is 0.844. The van der Waals surface area contributed by atoms with Crippen LogP contribution in [0, 0.1) is 12.7 Å². The highest BCUT2D eigenvalue weighted by Gasteiger charge is 2.06. The highest BCUT2D eigenvalue weighted by atomic mass is 19.1. The summed E-state index contributed by atoms with van der Waals surface area (Å²) in [6, 6.07) is 4.89. The molecule has 0 saturated carbocycles. The van der Waals surface area contributed by atoms with Crippen LogP contribution in [0.15, 0.2) is 30.6 Å². The maximum atomic E-state index is 12.5. The Kier molecular flexibility index (Phi) is 2.68. The molecule has 0 fully saturated rings. The second-order valence-electron chi connectivity index (χ2n) is 3.19. The third-order valence-electron chi connectivity index (χ3n) is 2.05. The van der Waals surface area contributed by atoms with E-state index in [9.17, 15) is 9.50 Å². The van der Waals surface area contributed by atoms with Crippen molar-refractivity contribution in [3.8, 4) is 17.5 Å². The van der Waals surface area contributed by atoms with Gasteiger partial charge in [0.25, 0.3) is 0 Å². The minimum atomic E-state index is -0.528. The topological polar surface area (TPSA) is 55.2 Å². The predicted octanol–water partition coefficient (Wildman–Crippen LogP) is 2.42. The lowest BCUT2D eigenvalue weighted by molar-refractivity contribution is 0.421. The van der Waals surface area contributed by atoms with Gasteiger partial charge in [-0.05, 0) is 19.1 Å².